The summed E-state index contributed by atoms with van der Waals surface area (Å²) in [5, 5.41) is 0.739. The van der Waals surface area contributed by atoms with E-state index in [2.05, 4.69) is 17.3 Å². The minimum atomic E-state index is 0.142. The Labute approximate surface area is 95.8 Å². The molecule has 0 amide bonds. The van der Waals surface area contributed by atoms with Gasteiger partial charge in [-0.05, 0) is 31.0 Å². The molecule has 1 atom stereocenters. The molecule has 1 aromatic carbocycles. The normalized spacial score (nSPS) is 11.7. The van der Waals surface area contributed by atoms with Crippen LogP contribution in [-0.2, 0) is 0 Å². The lowest BCUT2D eigenvalue weighted by molar-refractivity contribution is 0.524. The van der Waals surface area contributed by atoms with Gasteiger partial charge >= 0.3 is 0 Å². The summed E-state index contributed by atoms with van der Waals surface area (Å²) in [6, 6.07) is 7.83. The average molecular weight is 223 g/mol. The maximum atomic E-state index is 5.81. The zero-order chi connectivity index (χ0) is 11.1. The van der Waals surface area contributed by atoms with Gasteiger partial charge in [0.25, 0.3) is 0 Å². The summed E-state index contributed by atoms with van der Waals surface area (Å²) in [4.78, 5) is 0. The Morgan fingerprint density at radius 3 is 2.60 bits per heavy atom. The van der Waals surface area contributed by atoms with Gasteiger partial charge < -0.3 is 0 Å². The standard InChI is InChI=1S/C12H15ClN2/c1-2-3-4-5-12(15-14)10-6-8-11(13)9-7-10/h6-9,12,15H,4-5,14H2,1H3. The predicted molar refractivity (Wildman–Crippen MR) is 64.2 cm³/mol. The third-order valence-electron chi connectivity index (χ3n) is 2.21. The van der Waals surface area contributed by atoms with E-state index in [1.54, 1.807) is 0 Å². The summed E-state index contributed by atoms with van der Waals surface area (Å²) in [6.07, 6.45) is 1.74. The van der Waals surface area contributed by atoms with Crippen LogP contribution in [0, 0.1) is 11.8 Å². The van der Waals surface area contributed by atoms with E-state index >= 15 is 0 Å². The van der Waals surface area contributed by atoms with Crippen LogP contribution < -0.4 is 11.3 Å². The molecular formula is C12H15ClN2. The van der Waals surface area contributed by atoms with Gasteiger partial charge in [0.1, 0.15) is 0 Å². The quantitative estimate of drug-likeness (QED) is 0.467. The van der Waals surface area contributed by atoms with Crippen LogP contribution in [-0.4, -0.2) is 0 Å². The Morgan fingerprint density at radius 1 is 1.40 bits per heavy atom. The van der Waals surface area contributed by atoms with Gasteiger partial charge in [0.2, 0.25) is 0 Å². The van der Waals surface area contributed by atoms with Gasteiger partial charge in [-0.2, -0.15) is 0 Å². The third-order valence-corrected chi connectivity index (χ3v) is 2.46. The van der Waals surface area contributed by atoms with Crippen molar-refractivity contribution in [3.8, 4) is 11.8 Å². The summed E-state index contributed by atoms with van der Waals surface area (Å²) in [7, 11) is 0. The summed E-state index contributed by atoms with van der Waals surface area (Å²) in [6.45, 7) is 1.84. The first-order valence-electron chi connectivity index (χ1n) is 4.89. The van der Waals surface area contributed by atoms with Gasteiger partial charge in [0.15, 0.2) is 0 Å². The summed E-state index contributed by atoms with van der Waals surface area (Å²) in [5.74, 6) is 11.4. The number of benzene rings is 1. The number of rotatable bonds is 4. The van der Waals surface area contributed by atoms with E-state index in [-0.39, 0.29) is 6.04 Å². The average Bonchev–Trinajstić information content (AvgIpc) is 2.26. The number of nitrogens with two attached hydrogens (primary N) is 1. The molecule has 1 rings (SSSR count). The first-order chi connectivity index (χ1) is 7.27. The highest BCUT2D eigenvalue weighted by atomic mass is 35.5. The molecule has 0 aliphatic carbocycles. The van der Waals surface area contributed by atoms with Crippen LogP contribution >= 0.6 is 11.6 Å². The molecule has 1 unspecified atom stereocenters. The van der Waals surface area contributed by atoms with Crippen molar-refractivity contribution < 1.29 is 0 Å². The highest BCUT2D eigenvalue weighted by Gasteiger charge is 2.07. The second-order valence-electron chi connectivity index (χ2n) is 3.24. The van der Waals surface area contributed by atoms with Crippen molar-refractivity contribution in [2.45, 2.75) is 25.8 Å². The van der Waals surface area contributed by atoms with Gasteiger partial charge in [-0.1, -0.05) is 23.7 Å². The molecule has 3 heteroatoms. The maximum absolute atomic E-state index is 5.81. The Kier molecular flexibility index (Phi) is 5.20. The second-order valence-corrected chi connectivity index (χ2v) is 3.67. The molecule has 0 aromatic heterocycles. The molecule has 80 valence electrons. The van der Waals surface area contributed by atoms with E-state index in [0.717, 1.165) is 23.4 Å². The van der Waals surface area contributed by atoms with E-state index in [1.807, 2.05) is 31.2 Å². The molecule has 3 N–H and O–H groups in total. The minimum Gasteiger partial charge on any atom is -0.271 e. The third kappa shape index (κ3) is 3.93. The Morgan fingerprint density at radius 2 is 2.07 bits per heavy atom. The monoisotopic (exact) mass is 222 g/mol. The number of hydrogen-bond acceptors (Lipinski definition) is 2. The van der Waals surface area contributed by atoms with Gasteiger partial charge in [-0.15, -0.1) is 11.8 Å². The van der Waals surface area contributed by atoms with Crippen LogP contribution in [0.5, 0.6) is 0 Å². The molecule has 0 bridgehead atoms. The van der Waals surface area contributed by atoms with Gasteiger partial charge in [-0.3, -0.25) is 11.3 Å². The highest BCUT2D eigenvalue weighted by Crippen LogP contribution is 2.19. The number of hydrazine groups is 1. The van der Waals surface area contributed by atoms with Crippen LogP contribution in [0.3, 0.4) is 0 Å². The fourth-order valence-electron chi connectivity index (χ4n) is 1.38. The first-order valence-corrected chi connectivity index (χ1v) is 5.27. The molecule has 0 radical (unpaired) electrons. The van der Waals surface area contributed by atoms with Crippen LogP contribution in [0.4, 0.5) is 0 Å². The maximum Gasteiger partial charge on any atom is 0.0469 e. The van der Waals surface area contributed by atoms with Gasteiger partial charge in [0, 0.05) is 17.5 Å². The van der Waals surface area contributed by atoms with E-state index in [0.29, 0.717) is 0 Å². The fourth-order valence-corrected chi connectivity index (χ4v) is 1.51. The van der Waals surface area contributed by atoms with Crippen LogP contribution in [0.25, 0.3) is 0 Å². The highest BCUT2D eigenvalue weighted by molar-refractivity contribution is 6.30. The number of nitrogens with one attached hydrogen (secondary N) is 1. The molecule has 1 aromatic rings. The van der Waals surface area contributed by atoms with Crippen molar-refractivity contribution in [2.24, 2.45) is 5.84 Å². The number of hydrogen-bond donors (Lipinski definition) is 2. The van der Waals surface area contributed by atoms with Crippen molar-refractivity contribution in [1.82, 2.24) is 5.43 Å². The Balaban J connectivity index is 2.64. The van der Waals surface area contributed by atoms with Gasteiger partial charge in [-0.25, -0.2) is 0 Å². The molecular weight excluding hydrogens is 208 g/mol. The smallest absolute Gasteiger partial charge is 0.0469 e. The number of halogens is 1. The van der Waals surface area contributed by atoms with Crippen molar-refractivity contribution in [3.05, 3.63) is 34.9 Å². The first kappa shape index (κ1) is 12.1. The van der Waals surface area contributed by atoms with Gasteiger partial charge in [0.05, 0.1) is 0 Å². The van der Waals surface area contributed by atoms with Crippen molar-refractivity contribution in [3.63, 3.8) is 0 Å². The molecule has 15 heavy (non-hydrogen) atoms. The molecule has 0 saturated carbocycles. The van der Waals surface area contributed by atoms with Crippen molar-refractivity contribution >= 4 is 11.6 Å². The van der Waals surface area contributed by atoms with Crippen LogP contribution in [0.1, 0.15) is 31.4 Å². The van der Waals surface area contributed by atoms with E-state index < -0.39 is 0 Å². The van der Waals surface area contributed by atoms with Crippen LogP contribution in [0.2, 0.25) is 5.02 Å². The lowest BCUT2D eigenvalue weighted by atomic mass is 10.0. The van der Waals surface area contributed by atoms with Crippen molar-refractivity contribution in [2.75, 3.05) is 0 Å². The molecule has 0 fully saturated rings. The van der Waals surface area contributed by atoms with E-state index in [4.69, 9.17) is 17.4 Å². The topological polar surface area (TPSA) is 38.0 Å². The SMILES string of the molecule is CC#CCCC(NN)c1ccc(Cl)cc1. The lowest BCUT2D eigenvalue weighted by Gasteiger charge is -2.14. The molecule has 0 aliphatic heterocycles. The Bertz CT molecular complexity index is 348. The second kappa shape index (κ2) is 6.47. The van der Waals surface area contributed by atoms with Crippen molar-refractivity contribution in [1.29, 1.82) is 0 Å². The Hall–Kier alpha value is -1.01. The largest absolute Gasteiger partial charge is 0.271 e. The van der Waals surface area contributed by atoms with Crippen LogP contribution in [0.15, 0.2) is 24.3 Å². The molecule has 0 saturated heterocycles. The molecule has 0 heterocycles. The summed E-state index contributed by atoms with van der Waals surface area (Å²) >= 11 is 5.81. The molecule has 2 nitrogen and oxygen atoms in total. The summed E-state index contributed by atoms with van der Waals surface area (Å²) in [5.41, 5.74) is 3.92. The summed E-state index contributed by atoms with van der Waals surface area (Å²) < 4.78 is 0. The minimum absolute atomic E-state index is 0.142. The zero-order valence-electron chi connectivity index (χ0n) is 8.76. The molecule has 0 aliphatic rings. The zero-order valence-corrected chi connectivity index (χ0v) is 9.51. The predicted octanol–water partition coefficient (Wildman–Crippen LogP) is 2.65. The fraction of sp³-hybridized carbons (Fsp3) is 0.333. The van der Waals surface area contributed by atoms with E-state index in [9.17, 15) is 0 Å². The van der Waals surface area contributed by atoms with E-state index in [1.165, 1.54) is 0 Å². The molecule has 0 spiro atoms. The lowest BCUT2D eigenvalue weighted by Crippen LogP contribution is -2.27.